The summed E-state index contributed by atoms with van der Waals surface area (Å²) in [6.45, 7) is 5.27. The molecule has 1 N–H and O–H groups in total. The van der Waals surface area contributed by atoms with E-state index in [2.05, 4.69) is 15.3 Å². The molecule has 0 unspecified atom stereocenters. The number of carbonyl (C=O) groups is 3. The van der Waals surface area contributed by atoms with Gasteiger partial charge in [0, 0.05) is 0 Å². The van der Waals surface area contributed by atoms with Crippen molar-refractivity contribution in [1.29, 1.82) is 0 Å². The van der Waals surface area contributed by atoms with Crippen LogP contribution in [0.3, 0.4) is 0 Å². The maximum atomic E-state index is 12.3. The van der Waals surface area contributed by atoms with Gasteiger partial charge in [0.25, 0.3) is 11.8 Å². The zero-order chi connectivity index (χ0) is 18.9. The van der Waals surface area contributed by atoms with E-state index < -0.39 is 11.7 Å². The first-order chi connectivity index (χ1) is 12.2. The standard InChI is InChI=1S/C18H18N4O4/c1-18(2,3)26-17(25)21-14-9-19-11(8-20-14)10-22-15(23)12-6-4-5-7-13(12)16(22)24/h4-9H,10H2,1-3H3,(H,20,21,25). The van der Waals surface area contributed by atoms with Crippen LogP contribution in [-0.2, 0) is 11.3 Å². The summed E-state index contributed by atoms with van der Waals surface area (Å²) in [7, 11) is 0. The van der Waals surface area contributed by atoms with Crippen molar-refractivity contribution in [2.24, 2.45) is 0 Å². The summed E-state index contributed by atoms with van der Waals surface area (Å²) in [5.74, 6) is -0.503. The third-order valence-corrected chi connectivity index (χ3v) is 3.53. The SMILES string of the molecule is CC(C)(C)OC(=O)Nc1cnc(CN2C(=O)c3ccccc3C2=O)cn1. The van der Waals surface area contributed by atoms with E-state index in [1.165, 1.54) is 12.4 Å². The van der Waals surface area contributed by atoms with Crippen LogP contribution in [0.15, 0.2) is 36.7 Å². The maximum Gasteiger partial charge on any atom is 0.413 e. The molecule has 26 heavy (non-hydrogen) atoms. The van der Waals surface area contributed by atoms with Gasteiger partial charge in [-0.2, -0.15) is 0 Å². The Labute approximate surface area is 150 Å². The van der Waals surface area contributed by atoms with E-state index in [4.69, 9.17) is 4.74 Å². The van der Waals surface area contributed by atoms with Gasteiger partial charge in [0.15, 0.2) is 5.82 Å². The van der Waals surface area contributed by atoms with Crippen molar-refractivity contribution in [3.8, 4) is 0 Å². The molecule has 0 spiro atoms. The maximum absolute atomic E-state index is 12.3. The highest BCUT2D eigenvalue weighted by Crippen LogP contribution is 2.23. The van der Waals surface area contributed by atoms with Crippen molar-refractivity contribution in [3.05, 3.63) is 53.5 Å². The van der Waals surface area contributed by atoms with Crippen molar-refractivity contribution in [3.63, 3.8) is 0 Å². The van der Waals surface area contributed by atoms with Gasteiger partial charge in [-0.3, -0.25) is 24.8 Å². The minimum absolute atomic E-state index is 0.00602. The Balaban J connectivity index is 1.66. The number of hydrogen-bond acceptors (Lipinski definition) is 6. The summed E-state index contributed by atoms with van der Waals surface area (Å²) in [4.78, 5) is 45.7. The second-order valence-electron chi connectivity index (χ2n) is 6.76. The Kier molecular flexibility index (Phi) is 4.41. The highest BCUT2D eigenvalue weighted by atomic mass is 16.6. The Bertz CT molecular complexity index is 837. The molecule has 8 heteroatoms. The first-order valence-corrected chi connectivity index (χ1v) is 8.01. The lowest BCUT2D eigenvalue weighted by molar-refractivity contribution is 0.0626. The normalized spacial score (nSPS) is 13.6. The Morgan fingerprint density at radius 3 is 2.19 bits per heavy atom. The molecule has 8 nitrogen and oxygen atoms in total. The Hall–Kier alpha value is -3.29. The minimum atomic E-state index is -0.639. The molecule has 0 bridgehead atoms. The number of benzene rings is 1. The predicted octanol–water partition coefficient (Wildman–Crippen LogP) is 2.62. The average molecular weight is 354 g/mol. The summed E-state index contributed by atoms with van der Waals surface area (Å²) in [6, 6.07) is 6.67. The lowest BCUT2D eigenvalue weighted by Crippen LogP contribution is -2.29. The number of fused-ring (bicyclic) bond motifs is 1. The molecule has 2 heterocycles. The number of rotatable bonds is 3. The topological polar surface area (TPSA) is 101 Å². The Morgan fingerprint density at radius 1 is 1.08 bits per heavy atom. The van der Waals surface area contributed by atoms with E-state index in [1.54, 1.807) is 45.0 Å². The average Bonchev–Trinajstić information content (AvgIpc) is 2.80. The van der Waals surface area contributed by atoms with Gasteiger partial charge < -0.3 is 4.74 Å². The smallest absolute Gasteiger partial charge is 0.413 e. The van der Waals surface area contributed by atoms with Gasteiger partial charge in [-0.25, -0.2) is 9.78 Å². The second kappa shape index (κ2) is 6.55. The third kappa shape index (κ3) is 3.69. The largest absolute Gasteiger partial charge is 0.444 e. The van der Waals surface area contributed by atoms with Gasteiger partial charge >= 0.3 is 6.09 Å². The molecule has 3 amide bonds. The van der Waals surface area contributed by atoms with Gasteiger partial charge in [-0.05, 0) is 32.9 Å². The number of nitrogens with one attached hydrogen (secondary N) is 1. The summed E-state index contributed by atoms with van der Waals surface area (Å²) >= 11 is 0. The van der Waals surface area contributed by atoms with E-state index >= 15 is 0 Å². The number of imide groups is 1. The molecule has 3 rings (SSSR count). The second-order valence-corrected chi connectivity index (χ2v) is 6.76. The van der Waals surface area contributed by atoms with Crippen LogP contribution in [0.1, 0.15) is 47.2 Å². The van der Waals surface area contributed by atoms with Gasteiger partial charge in [-0.15, -0.1) is 0 Å². The number of carbonyl (C=O) groups excluding carboxylic acids is 3. The van der Waals surface area contributed by atoms with Crippen molar-refractivity contribution >= 4 is 23.7 Å². The van der Waals surface area contributed by atoms with Crippen LogP contribution in [0, 0.1) is 0 Å². The molecule has 2 aromatic rings. The van der Waals surface area contributed by atoms with Crippen molar-refractivity contribution in [1.82, 2.24) is 14.9 Å². The van der Waals surface area contributed by atoms with Crippen molar-refractivity contribution in [2.45, 2.75) is 32.9 Å². The highest BCUT2D eigenvalue weighted by molar-refractivity contribution is 6.21. The fourth-order valence-corrected chi connectivity index (χ4v) is 2.45. The molecule has 0 saturated heterocycles. The Morgan fingerprint density at radius 2 is 1.69 bits per heavy atom. The van der Waals surface area contributed by atoms with Crippen LogP contribution in [0.2, 0.25) is 0 Å². The number of hydrogen-bond donors (Lipinski definition) is 1. The lowest BCUT2D eigenvalue weighted by atomic mass is 10.1. The van der Waals surface area contributed by atoms with E-state index in [0.29, 0.717) is 16.8 Å². The van der Waals surface area contributed by atoms with Crippen molar-refractivity contribution < 1.29 is 19.1 Å². The van der Waals surface area contributed by atoms with Gasteiger partial charge in [-0.1, -0.05) is 12.1 Å². The molecule has 134 valence electrons. The van der Waals surface area contributed by atoms with Crippen LogP contribution in [0.25, 0.3) is 0 Å². The first-order valence-electron chi connectivity index (χ1n) is 8.01. The van der Waals surface area contributed by atoms with Crippen LogP contribution in [0.5, 0.6) is 0 Å². The monoisotopic (exact) mass is 354 g/mol. The zero-order valence-electron chi connectivity index (χ0n) is 14.6. The summed E-state index contributed by atoms with van der Waals surface area (Å²) in [6.07, 6.45) is 2.10. The molecule has 1 aliphatic rings. The van der Waals surface area contributed by atoms with E-state index in [0.717, 1.165) is 4.90 Å². The predicted molar refractivity (Wildman–Crippen MR) is 92.5 cm³/mol. The summed E-state index contributed by atoms with van der Waals surface area (Å²) < 4.78 is 5.13. The molecule has 1 aliphatic heterocycles. The van der Waals surface area contributed by atoms with Crippen molar-refractivity contribution in [2.75, 3.05) is 5.32 Å². The number of amides is 3. The molecule has 0 aliphatic carbocycles. The molecule has 1 aromatic carbocycles. The van der Waals surface area contributed by atoms with Gasteiger partial charge in [0.2, 0.25) is 0 Å². The molecule has 0 atom stereocenters. The fraction of sp³-hybridized carbons (Fsp3) is 0.278. The van der Waals surface area contributed by atoms with Crippen LogP contribution < -0.4 is 5.32 Å². The van der Waals surface area contributed by atoms with E-state index in [1.807, 2.05) is 0 Å². The van der Waals surface area contributed by atoms with Crippen LogP contribution in [0.4, 0.5) is 10.6 Å². The molecule has 0 radical (unpaired) electrons. The molecular weight excluding hydrogens is 336 g/mol. The lowest BCUT2D eigenvalue weighted by Gasteiger charge is -2.19. The zero-order valence-corrected chi connectivity index (χ0v) is 14.6. The summed E-state index contributed by atoms with van der Waals surface area (Å²) in [5, 5.41) is 2.47. The van der Waals surface area contributed by atoms with Gasteiger partial charge in [0.05, 0.1) is 35.8 Å². The van der Waals surface area contributed by atoms with E-state index in [9.17, 15) is 14.4 Å². The molecule has 0 saturated carbocycles. The van der Waals surface area contributed by atoms with Crippen LogP contribution >= 0.6 is 0 Å². The minimum Gasteiger partial charge on any atom is -0.444 e. The van der Waals surface area contributed by atoms with Gasteiger partial charge in [0.1, 0.15) is 5.60 Å². The first kappa shape index (κ1) is 17.5. The number of ether oxygens (including phenoxy) is 1. The highest BCUT2D eigenvalue weighted by Gasteiger charge is 2.35. The molecular formula is C18H18N4O4. The summed E-state index contributed by atoms with van der Waals surface area (Å²) in [5.41, 5.74) is 0.569. The van der Waals surface area contributed by atoms with Crippen LogP contribution in [-0.4, -0.2) is 38.4 Å². The quantitative estimate of drug-likeness (QED) is 0.850. The molecule has 0 fully saturated rings. The fourth-order valence-electron chi connectivity index (χ4n) is 2.45. The number of aromatic nitrogens is 2. The molecule has 1 aromatic heterocycles. The number of nitrogens with zero attached hydrogens (tertiary/aromatic N) is 3. The van der Waals surface area contributed by atoms with E-state index in [-0.39, 0.29) is 24.2 Å². The number of anilines is 1. The third-order valence-electron chi connectivity index (χ3n) is 3.53.